The summed E-state index contributed by atoms with van der Waals surface area (Å²) in [5.41, 5.74) is 1.80. The van der Waals surface area contributed by atoms with Crippen LogP contribution in [0.1, 0.15) is 5.69 Å². The number of rotatable bonds is 4. The summed E-state index contributed by atoms with van der Waals surface area (Å²) in [6, 6.07) is 9.37. The molecule has 0 amide bonds. The van der Waals surface area contributed by atoms with Gasteiger partial charge in [0.1, 0.15) is 5.75 Å². The van der Waals surface area contributed by atoms with E-state index in [9.17, 15) is 0 Å². The SMILES string of the molecule is COc1ccc(Cl)cc1NCc1ccc(Br)cn1. The van der Waals surface area contributed by atoms with Crippen LogP contribution in [0.2, 0.25) is 5.02 Å². The highest BCUT2D eigenvalue weighted by molar-refractivity contribution is 9.10. The van der Waals surface area contributed by atoms with E-state index >= 15 is 0 Å². The lowest BCUT2D eigenvalue weighted by Crippen LogP contribution is -2.02. The molecule has 1 heterocycles. The summed E-state index contributed by atoms with van der Waals surface area (Å²) in [5.74, 6) is 0.761. The molecule has 1 N–H and O–H groups in total. The van der Waals surface area contributed by atoms with Gasteiger partial charge in [0.15, 0.2) is 0 Å². The lowest BCUT2D eigenvalue weighted by atomic mass is 10.2. The second kappa shape index (κ2) is 6.07. The number of nitrogens with one attached hydrogen (secondary N) is 1. The Morgan fingerprint density at radius 2 is 2.17 bits per heavy atom. The van der Waals surface area contributed by atoms with Crippen LogP contribution in [0.5, 0.6) is 5.75 Å². The van der Waals surface area contributed by atoms with Gasteiger partial charge in [-0.2, -0.15) is 0 Å². The van der Waals surface area contributed by atoms with Crippen molar-refractivity contribution in [3.63, 3.8) is 0 Å². The van der Waals surface area contributed by atoms with Crippen LogP contribution < -0.4 is 10.1 Å². The van der Waals surface area contributed by atoms with Crippen molar-refractivity contribution in [3.8, 4) is 5.75 Å². The molecule has 3 nitrogen and oxygen atoms in total. The van der Waals surface area contributed by atoms with E-state index in [2.05, 4.69) is 26.2 Å². The lowest BCUT2D eigenvalue weighted by Gasteiger charge is -2.11. The number of pyridine rings is 1. The summed E-state index contributed by atoms with van der Waals surface area (Å²) in [4.78, 5) is 4.29. The standard InChI is InChI=1S/C13H12BrClN2O/c1-18-13-5-3-10(15)6-12(13)17-8-11-4-2-9(14)7-16-11/h2-7,17H,8H2,1H3. The van der Waals surface area contributed by atoms with Crippen LogP contribution >= 0.6 is 27.5 Å². The number of hydrogen-bond acceptors (Lipinski definition) is 3. The Kier molecular flexibility index (Phi) is 4.44. The molecular formula is C13H12BrClN2O. The van der Waals surface area contributed by atoms with Gasteiger partial charge in [-0.05, 0) is 46.3 Å². The average molecular weight is 328 g/mol. The third-order valence-corrected chi connectivity index (χ3v) is 3.11. The zero-order valence-corrected chi connectivity index (χ0v) is 12.1. The van der Waals surface area contributed by atoms with Gasteiger partial charge in [-0.15, -0.1) is 0 Å². The lowest BCUT2D eigenvalue weighted by molar-refractivity contribution is 0.416. The van der Waals surface area contributed by atoms with Crippen molar-refractivity contribution in [1.82, 2.24) is 4.98 Å². The van der Waals surface area contributed by atoms with Crippen LogP contribution in [0.3, 0.4) is 0 Å². The predicted molar refractivity (Wildman–Crippen MR) is 77.3 cm³/mol. The van der Waals surface area contributed by atoms with Gasteiger partial charge < -0.3 is 10.1 Å². The van der Waals surface area contributed by atoms with Crippen LogP contribution in [0.25, 0.3) is 0 Å². The average Bonchev–Trinajstić information content (AvgIpc) is 2.38. The van der Waals surface area contributed by atoms with Crippen molar-refractivity contribution in [2.75, 3.05) is 12.4 Å². The maximum Gasteiger partial charge on any atom is 0.142 e. The molecule has 1 aromatic carbocycles. The molecule has 0 atom stereocenters. The van der Waals surface area contributed by atoms with Crippen LogP contribution in [0.4, 0.5) is 5.69 Å². The van der Waals surface area contributed by atoms with E-state index in [1.54, 1.807) is 19.4 Å². The largest absolute Gasteiger partial charge is 0.495 e. The van der Waals surface area contributed by atoms with Crippen LogP contribution in [0.15, 0.2) is 41.0 Å². The molecule has 0 aliphatic carbocycles. The smallest absolute Gasteiger partial charge is 0.142 e. The molecule has 94 valence electrons. The highest BCUT2D eigenvalue weighted by Crippen LogP contribution is 2.27. The van der Waals surface area contributed by atoms with E-state index < -0.39 is 0 Å². The third kappa shape index (κ3) is 3.37. The number of methoxy groups -OCH3 is 1. The monoisotopic (exact) mass is 326 g/mol. The molecule has 2 aromatic rings. The van der Waals surface area contributed by atoms with Crippen molar-refractivity contribution in [1.29, 1.82) is 0 Å². The van der Waals surface area contributed by atoms with E-state index in [1.807, 2.05) is 24.3 Å². The summed E-state index contributed by atoms with van der Waals surface area (Å²) in [6.45, 7) is 0.615. The maximum absolute atomic E-state index is 5.96. The molecule has 1 aromatic heterocycles. The van der Waals surface area contributed by atoms with Crippen molar-refractivity contribution < 1.29 is 4.74 Å². The molecule has 0 spiro atoms. The fourth-order valence-corrected chi connectivity index (χ4v) is 1.92. The predicted octanol–water partition coefficient (Wildman–Crippen LogP) is 4.12. The molecule has 18 heavy (non-hydrogen) atoms. The Labute approximate surface area is 119 Å². The summed E-state index contributed by atoms with van der Waals surface area (Å²) in [5, 5.41) is 3.92. The first kappa shape index (κ1) is 13.2. The Morgan fingerprint density at radius 3 is 2.83 bits per heavy atom. The highest BCUT2D eigenvalue weighted by Gasteiger charge is 2.03. The normalized spacial score (nSPS) is 10.2. The third-order valence-electron chi connectivity index (χ3n) is 2.41. The number of anilines is 1. The summed E-state index contributed by atoms with van der Waals surface area (Å²) >= 11 is 9.31. The fraction of sp³-hybridized carbons (Fsp3) is 0.154. The van der Waals surface area contributed by atoms with E-state index in [1.165, 1.54) is 0 Å². The van der Waals surface area contributed by atoms with E-state index in [0.717, 1.165) is 21.6 Å². The van der Waals surface area contributed by atoms with E-state index in [4.69, 9.17) is 16.3 Å². The van der Waals surface area contributed by atoms with E-state index in [0.29, 0.717) is 11.6 Å². The van der Waals surface area contributed by atoms with Gasteiger partial charge in [0, 0.05) is 15.7 Å². The minimum atomic E-state index is 0.615. The van der Waals surface area contributed by atoms with Crippen molar-refractivity contribution in [2.45, 2.75) is 6.54 Å². The Hall–Kier alpha value is -1.26. The first-order valence-electron chi connectivity index (χ1n) is 5.37. The second-order valence-corrected chi connectivity index (χ2v) is 5.02. The summed E-state index contributed by atoms with van der Waals surface area (Å²) < 4.78 is 6.22. The number of nitrogens with zero attached hydrogens (tertiary/aromatic N) is 1. The van der Waals surface area contributed by atoms with E-state index in [-0.39, 0.29) is 0 Å². The summed E-state index contributed by atoms with van der Waals surface area (Å²) in [6.07, 6.45) is 1.77. The zero-order chi connectivity index (χ0) is 13.0. The molecular weight excluding hydrogens is 316 g/mol. The maximum atomic E-state index is 5.96. The van der Waals surface area contributed by atoms with Gasteiger partial charge in [0.05, 0.1) is 25.0 Å². The Bertz CT molecular complexity index is 531. The first-order valence-corrected chi connectivity index (χ1v) is 6.54. The van der Waals surface area contributed by atoms with Gasteiger partial charge in [-0.3, -0.25) is 4.98 Å². The number of benzene rings is 1. The quantitative estimate of drug-likeness (QED) is 0.917. The molecule has 0 fully saturated rings. The second-order valence-electron chi connectivity index (χ2n) is 3.67. The molecule has 0 saturated heterocycles. The fourth-order valence-electron chi connectivity index (χ4n) is 1.52. The van der Waals surface area contributed by atoms with Gasteiger partial charge >= 0.3 is 0 Å². The van der Waals surface area contributed by atoms with Gasteiger partial charge in [-0.1, -0.05) is 11.6 Å². The molecule has 0 bridgehead atoms. The molecule has 0 saturated carbocycles. The highest BCUT2D eigenvalue weighted by atomic mass is 79.9. The van der Waals surface area contributed by atoms with Crippen LogP contribution in [-0.4, -0.2) is 12.1 Å². The first-order chi connectivity index (χ1) is 8.69. The topological polar surface area (TPSA) is 34.1 Å². The molecule has 5 heteroatoms. The Morgan fingerprint density at radius 1 is 1.33 bits per heavy atom. The van der Waals surface area contributed by atoms with Crippen molar-refractivity contribution >= 4 is 33.2 Å². The molecule has 0 radical (unpaired) electrons. The molecule has 0 aliphatic rings. The van der Waals surface area contributed by atoms with Crippen LogP contribution in [-0.2, 0) is 6.54 Å². The number of ether oxygens (including phenoxy) is 1. The minimum absolute atomic E-state index is 0.615. The minimum Gasteiger partial charge on any atom is -0.495 e. The van der Waals surface area contributed by atoms with Crippen molar-refractivity contribution in [3.05, 3.63) is 51.7 Å². The Balaban J connectivity index is 2.09. The van der Waals surface area contributed by atoms with Gasteiger partial charge in [0.2, 0.25) is 0 Å². The van der Waals surface area contributed by atoms with Crippen molar-refractivity contribution in [2.24, 2.45) is 0 Å². The molecule has 0 aliphatic heterocycles. The summed E-state index contributed by atoms with van der Waals surface area (Å²) in [7, 11) is 1.63. The molecule has 0 unspecified atom stereocenters. The van der Waals surface area contributed by atoms with Crippen LogP contribution in [0, 0.1) is 0 Å². The number of halogens is 2. The number of hydrogen-bond donors (Lipinski definition) is 1. The van der Waals surface area contributed by atoms with Gasteiger partial charge in [-0.25, -0.2) is 0 Å². The number of aromatic nitrogens is 1. The molecule has 2 rings (SSSR count). The van der Waals surface area contributed by atoms with Gasteiger partial charge in [0.25, 0.3) is 0 Å². The zero-order valence-electron chi connectivity index (χ0n) is 9.78.